The number of rotatable bonds is 7. The van der Waals surface area contributed by atoms with E-state index in [2.05, 4.69) is 33.2 Å². The van der Waals surface area contributed by atoms with E-state index in [0.29, 0.717) is 6.61 Å². The zero-order valence-corrected chi connectivity index (χ0v) is 16.3. The van der Waals surface area contributed by atoms with Crippen LogP contribution in [0.1, 0.15) is 5.56 Å². The summed E-state index contributed by atoms with van der Waals surface area (Å²) < 4.78 is 6.94. The van der Waals surface area contributed by atoms with Crippen molar-refractivity contribution >= 4 is 39.9 Å². The molecule has 3 aromatic rings. The molecule has 1 amide bonds. The van der Waals surface area contributed by atoms with Crippen LogP contribution in [0.4, 0.5) is 11.4 Å². The number of halogens is 1. The van der Waals surface area contributed by atoms with Gasteiger partial charge in [-0.25, -0.2) is 0 Å². The Morgan fingerprint density at radius 1 is 0.885 bits per heavy atom. The van der Waals surface area contributed by atoms with Crippen molar-refractivity contribution in [3.63, 3.8) is 0 Å². The lowest BCUT2D eigenvalue weighted by molar-refractivity contribution is -0.114. The maximum Gasteiger partial charge on any atom is 0.243 e. The summed E-state index contributed by atoms with van der Waals surface area (Å²) in [6, 6.07) is 25.3. The Morgan fingerprint density at radius 2 is 1.65 bits per heavy atom. The van der Waals surface area contributed by atoms with Gasteiger partial charge in [-0.2, -0.15) is 0 Å². The standard InChI is InChI=1S/C21H19IN2O2/c22-17-9-11-18(12-10-17)24-21(25)14-23-19-7-4-8-20(13-19)26-15-16-5-2-1-3-6-16/h1-13,23H,14-15H2,(H,24,25). The highest BCUT2D eigenvalue weighted by atomic mass is 127. The lowest BCUT2D eigenvalue weighted by Crippen LogP contribution is -2.21. The van der Waals surface area contributed by atoms with Crippen molar-refractivity contribution in [2.45, 2.75) is 6.61 Å². The second kappa shape index (κ2) is 9.24. The van der Waals surface area contributed by atoms with Gasteiger partial charge < -0.3 is 15.4 Å². The molecule has 0 unspecified atom stereocenters. The molecule has 0 fully saturated rings. The molecule has 0 radical (unpaired) electrons. The molecule has 2 N–H and O–H groups in total. The summed E-state index contributed by atoms with van der Waals surface area (Å²) in [7, 11) is 0. The van der Waals surface area contributed by atoms with E-state index in [4.69, 9.17) is 4.74 Å². The minimum atomic E-state index is -0.0955. The van der Waals surface area contributed by atoms with E-state index >= 15 is 0 Å². The first kappa shape index (κ1) is 18.3. The molecular formula is C21H19IN2O2. The maximum absolute atomic E-state index is 12.1. The first-order chi connectivity index (χ1) is 12.7. The monoisotopic (exact) mass is 458 g/mol. The summed E-state index contributed by atoms with van der Waals surface area (Å²) in [5.41, 5.74) is 2.74. The Kier molecular flexibility index (Phi) is 6.49. The van der Waals surface area contributed by atoms with Gasteiger partial charge in [0.1, 0.15) is 12.4 Å². The molecule has 0 aliphatic rings. The van der Waals surface area contributed by atoms with Crippen molar-refractivity contribution in [3.05, 3.63) is 88.0 Å². The Bertz CT molecular complexity index is 851. The minimum absolute atomic E-state index is 0.0955. The summed E-state index contributed by atoms with van der Waals surface area (Å²) in [5, 5.41) is 5.99. The average Bonchev–Trinajstić information content (AvgIpc) is 2.68. The second-order valence-electron chi connectivity index (χ2n) is 5.71. The minimum Gasteiger partial charge on any atom is -0.489 e. The van der Waals surface area contributed by atoms with E-state index in [9.17, 15) is 4.79 Å². The molecule has 0 saturated carbocycles. The summed E-state index contributed by atoms with van der Waals surface area (Å²) in [5.74, 6) is 0.665. The first-order valence-corrected chi connectivity index (χ1v) is 9.33. The van der Waals surface area contributed by atoms with E-state index in [1.165, 1.54) is 0 Å². The molecule has 0 spiro atoms. The molecule has 4 nitrogen and oxygen atoms in total. The average molecular weight is 458 g/mol. The van der Waals surface area contributed by atoms with Gasteiger partial charge in [-0.1, -0.05) is 36.4 Å². The van der Waals surface area contributed by atoms with Gasteiger partial charge in [0, 0.05) is 21.0 Å². The van der Waals surface area contributed by atoms with E-state index in [1.807, 2.05) is 78.9 Å². The number of hydrogen-bond donors (Lipinski definition) is 2. The number of benzene rings is 3. The zero-order valence-electron chi connectivity index (χ0n) is 14.1. The normalized spacial score (nSPS) is 10.2. The maximum atomic E-state index is 12.1. The van der Waals surface area contributed by atoms with Crippen molar-refractivity contribution < 1.29 is 9.53 Å². The van der Waals surface area contributed by atoms with E-state index in [0.717, 1.165) is 26.3 Å². The third-order valence-corrected chi connectivity index (χ3v) is 4.38. The Labute approximate surface area is 166 Å². The Morgan fingerprint density at radius 3 is 2.42 bits per heavy atom. The van der Waals surface area contributed by atoms with Crippen molar-refractivity contribution in [2.75, 3.05) is 17.2 Å². The van der Waals surface area contributed by atoms with Gasteiger partial charge in [-0.15, -0.1) is 0 Å². The van der Waals surface area contributed by atoms with Crippen LogP contribution in [0.25, 0.3) is 0 Å². The molecule has 0 heterocycles. The van der Waals surface area contributed by atoms with Gasteiger partial charge in [-0.3, -0.25) is 4.79 Å². The second-order valence-corrected chi connectivity index (χ2v) is 6.96. The number of carbonyl (C=O) groups excluding carboxylic acids is 1. The first-order valence-electron chi connectivity index (χ1n) is 8.25. The highest BCUT2D eigenvalue weighted by molar-refractivity contribution is 14.1. The molecule has 3 rings (SSSR count). The molecule has 0 saturated heterocycles. The number of anilines is 2. The fraction of sp³-hybridized carbons (Fsp3) is 0.0952. The number of ether oxygens (including phenoxy) is 1. The summed E-state index contributed by atoms with van der Waals surface area (Å²) >= 11 is 2.23. The van der Waals surface area contributed by atoms with Crippen molar-refractivity contribution in [1.29, 1.82) is 0 Å². The summed E-state index contributed by atoms with van der Waals surface area (Å²) in [4.78, 5) is 12.1. The van der Waals surface area contributed by atoms with Gasteiger partial charge >= 0.3 is 0 Å². The molecule has 5 heteroatoms. The molecule has 0 aromatic heterocycles. The molecule has 132 valence electrons. The van der Waals surface area contributed by atoms with Crippen molar-refractivity contribution in [3.8, 4) is 5.75 Å². The lowest BCUT2D eigenvalue weighted by Gasteiger charge is -2.10. The van der Waals surface area contributed by atoms with Crippen LogP contribution in [0.5, 0.6) is 5.75 Å². The number of nitrogens with one attached hydrogen (secondary N) is 2. The fourth-order valence-corrected chi connectivity index (χ4v) is 2.72. The molecular weight excluding hydrogens is 439 g/mol. The third-order valence-electron chi connectivity index (χ3n) is 3.66. The smallest absolute Gasteiger partial charge is 0.243 e. The van der Waals surface area contributed by atoms with Crippen LogP contribution in [0, 0.1) is 3.57 Å². The van der Waals surface area contributed by atoms with Crippen LogP contribution in [0.2, 0.25) is 0 Å². The number of amides is 1. The van der Waals surface area contributed by atoms with E-state index in [-0.39, 0.29) is 12.5 Å². The number of carbonyl (C=O) groups is 1. The van der Waals surface area contributed by atoms with Gasteiger partial charge in [-0.05, 0) is 64.6 Å². The van der Waals surface area contributed by atoms with Crippen LogP contribution in [0.3, 0.4) is 0 Å². The Hall–Kier alpha value is -2.54. The SMILES string of the molecule is O=C(CNc1cccc(OCc2ccccc2)c1)Nc1ccc(I)cc1. The van der Waals surface area contributed by atoms with Crippen molar-refractivity contribution in [1.82, 2.24) is 0 Å². The van der Waals surface area contributed by atoms with E-state index < -0.39 is 0 Å². The zero-order chi connectivity index (χ0) is 18.2. The predicted octanol–water partition coefficient (Wildman–Crippen LogP) is 4.92. The quantitative estimate of drug-likeness (QED) is 0.495. The molecule has 3 aromatic carbocycles. The molecule has 0 aliphatic heterocycles. The Balaban J connectivity index is 1.50. The number of hydrogen-bond acceptors (Lipinski definition) is 3. The summed E-state index contributed by atoms with van der Waals surface area (Å²) in [6.07, 6.45) is 0. The highest BCUT2D eigenvalue weighted by Crippen LogP contribution is 2.18. The van der Waals surface area contributed by atoms with Gasteiger partial charge in [0.25, 0.3) is 0 Å². The molecule has 0 bridgehead atoms. The largest absolute Gasteiger partial charge is 0.489 e. The highest BCUT2D eigenvalue weighted by Gasteiger charge is 2.03. The van der Waals surface area contributed by atoms with Crippen LogP contribution in [0.15, 0.2) is 78.9 Å². The van der Waals surface area contributed by atoms with Gasteiger partial charge in [0.15, 0.2) is 0 Å². The van der Waals surface area contributed by atoms with Gasteiger partial charge in [0.2, 0.25) is 5.91 Å². The van der Waals surface area contributed by atoms with Crippen LogP contribution < -0.4 is 15.4 Å². The van der Waals surface area contributed by atoms with E-state index in [1.54, 1.807) is 0 Å². The topological polar surface area (TPSA) is 50.4 Å². The lowest BCUT2D eigenvalue weighted by atomic mass is 10.2. The van der Waals surface area contributed by atoms with Gasteiger partial charge in [0.05, 0.1) is 6.54 Å². The molecule has 26 heavy (non-hydrogen) atoms. The van der Waals surface area contributed by atoms with Crippen LogP contribution in [-0.4, -0.2) is 12.5 Å². The van der Waals surface area contributed by atoms with Crippen LogP contribution in [-0.2, 0) is 11.4 Å². The summed E-state index contributed by atoms with van der Waals surface area (Å²) in [6.45, 7) is 0.700. The third kappa shape index (κ3) is 5.77. The molecule has 0 atom stereocenters. The van der Waals surface area contributed by atoms with Crippen molar-refractivity contribution in [2.24, 2.45) is 0 Å². The fourth-order valence-electron chi connectivity index (χ4n) is 2.36. The predicted molar refractivity (Wildman–Crippen MR) is 113 cm³/mol. The van der Waals surface area contributed by atoms with Crippen LogP contribution >= 0.6 is 22.6 Å². The molecule has 0 aliphatic carbocycles.